The zero-order valence-corrected chi connectivity index (χ0v) is 18.5. The van der Waals surface area contributed by atoms with E-state index in [1.807, 2.05) is 6.92 Å². The van der Waals surface area contributed by atoms with Crippen LogP contribution in [0.1, 0.15) is 35.6 Å². The molecule has 0 saturated carbocycles. The predicted molar refractivity (Wildman–Crippen MR) is 121 cm³/mol. The molecule has 2 unspecified atom stereocenters. The van der Waals surface area contributed by atoms with E-state index in [0.717, 1.165) is 11.3 Å². The normalized spacial score (nSPS) is 21.2. The van der Waals surface area contributed by atoms with Crippen LogP contribution in [0, 0.1) is 6.92 Å². The Hall–Kier alpha value is -4.00. The summed E-state index contributed by atoms with van der Waals surface area (Å²) in [6, 6.07) is 14.7. The Morgan fingerprint density at radius 1 is 1.12 bits per heavy atom. The fourth-order valence-corrected chi connectivity index (χ4v) is 4.45. The molecule has 3 aromatic rings. The molecule has 1 N–H and O–H groups in total. The number of Topliss-reactive ketones (excluding diaryl/α,β-unsaturated/α-hetero) is 1. The van der Waals surface area contributed by atoms with Crippen LogP contribution in [-0.4, -0.2) is 30.0 Å². The summed E-state index contributed by atoms with van der Waals surface area (Å²) in [5, 5.41) is 11.3. The van der Waals surface area contributed by atoms with Crippen LogP contribution in [0.3, 0.4) is 0 Å². The summed E-state index contributed by atoms with van der Waals surface area (Å²) < 4.78 is 16.9. The van der Waals surface area contributed by atoms with Gasteiger partial charge in [-0.25, -0.2) is 0 Å². The lowest BCUT2D eigenvalue weighted by Crippen LogP contribution is -2.29. The number of fused-ring (bicyclic) bond motifs is 1. The van der Waals surface area contributed by atoms with Crippen LogP contribution in [0.25, 0.3) is 5.76 Å². The number of aliphatic hydroxyl groups is 1. The maximum absolute atomic E-state index is 13.2. The number of methoxy groups -OCH3 is 1. The number of anilines is 1. The van der Waals surface area contributed by atoms with Gasteiger partial charge in [-0.05, 0) is 61.9 Å². The smallest absolute Gasteiger partial charge is 0.300 e. The van der Waals surface area contributed by atoms with Crippen molar-refractivity contribution in [3.05, 3.63) is 82.8 Å². The van der Waals surface area contributed by atoms with Gasteiger partial charge in [0.15, 0.2) is 0 Å². The molecule has 5 rings (SSSR count). The molecular formula is C26H23NO6. The van der Waals surface area contributed by atoms with Crippen LogP contribution in [0.5, 0.6) is 11.5 Å². The lowest BCUT2D eigenvalue weighted by Gasteiger charge is -2.23. The van der Waals surface area contributed by atoms with Crippen molar-refractivity contribution in [1.82, 2.24) is 0 Å². The molecule has 0 aliphatic carbocycles. The topological polar surface area (TPSA) is 89.2 Å². The molecule has 7 heteroatoms. The van der Waals surface area contributed by atoms with Crippen molar-refractivity contribution < 1.29 is 28.6 Å². The maximum atomic E-state index is 13.2. The van der Waals surface area contributed by atoms with Crippen LogP contribution in [0.15, 0.2) is 64.6 Å². The van der Waals surface area contributed by atoms with Gasteiger partial charge in [0.2, 0.25) is 0 Å². The molecule has 33 heavy (non-hydrogen) atoms. The number of aliphatic hydroxyl groups excluding tert-OH is 1. The van der Waals surface area contributed by atoms with Gasteiger partial charge in [-0.3, -0.25) is 14.5 Å². The molecule has 2 aliphatic rings. The number of benzene rings is 2. The molecule has 1 aromatic heterocycles. The van der Waals surface area contributed by atoms with E-state index in [1.165, 1.54) is 12.0 Å². The molecule has 2 aromatic carbocycles. The number of ether oxygens (including phenoxy) is 2. The SMILES string of the molecule is COc1cccc(N2C(=O)C(=O)/C(=C(\O)c3ccc4c(c3)CC(C)O4)C2c2ccc(C)o2)c1. The summed E-state index contributed by atoms with van der Waals surface area (Å²) in [6.45, 7) is 3.75. The number of hydrogen-bond acceptors (Lipinski definition) is 6. The Kier molecular flexibility index (Phi) is 4.96. The predicted octanol–water partition coefficient (Wildman–Crippen LogP) is 4.55. The Morgan fingerprint density at radius 2 is 1.94 bits per heavy atom. The summed E-state index contributed by atoms with van der Waals surface area (Å²) in [5.41, 5.74) is 1.83. The number of aryl methyl sites for hydroxylation is 1. The van der Waals surface area contributed by atoms with Crippen molar-refractivity contribution in [1.29, 1.82) is 0 Å². The lowest BCUT2D eigenvalue weighted by atomic mass is 9.97. The van der Waals surface area contributed by atoms with E-state index in [4.69, 9.17) is 13.9 Å². The minimum atomic E-state index is -0.922. The number of ketones is 1. The van der Waals surface area contributed by atoms with Crippen LogP contribution in [0.4, 0.5) is 5.69 Å². The molecule has 0 spiro atoms. The highest BCUT2D eigenvalue weighted by Crippen LogP contribution is 2.43. The molecule has 7 nitrogen and oxygen atoms in total. The highest BCUT2D eigenvalue weighted by molar-refractivity contribution is 6.51. The van der Waals surface area contributed by atoms with Crippen molar-refractivity contribution in [3.8, 4) is 11.5 Å². The van der Waals surface area contributed by atoms with E-state index in [1.54, 1.807) is 61.5 Å². The Balaban J connectivity index is 1.68. The third kappa shape index (κ3) is 3.46. The van der Waals surface area contributed by atoms with Crippen LogP contribution in [-0.2, 0) is 16.0 Å². The van der Waals surface area contributed by atoms with Gasteiger partial charge < -0.3 is 19.0 Å². The summed E-state index contributed by atoms with van der Waals surface area (Å²) in [6.07, 6.45) is 0.747. The number of furan rings is 1. The zero-order chi connectivity index (χ0) is 23.3. The maximum Gasteiger partial charge on any atom is 0.300 e. The summed E-state index contributed by atoms with van der Waals surface area (Å²) in [7, 11) is 1.53. The number of hydrogen-bond donors (Lipinski definition) is 1. The molecule has 0 radical (unpaired) electrons. The first kappa shape index (κ1) is 20.9. The molecule has 3 heterocycles. The van der Waals surface area contributed by atoms with Gasteiger partial charge in [0.1, 0.15) is 40.9 Å². The van der Waals surface area contributed by atoms with Crippen LogP contribution < -0.4 is 14.4 Å². The number of rotatable bonds is 4. The molecule has 168 valence electrons. The summed E-state index contributed by atoms with van der Waals surface area (Å²) in [5.74, 6) is 0.534. The Bertz CT molecular complexity index is 1300. The number of amides is 1. The first-order chi connectivity index (χ1) is 15.9. The highest BCUT2D eigenvalue weighted by Gasteiger charge is 2.48. The van der Waals surface area contributed by atoms with Crippen molar-refractivity contribution in [2.45, 2.75) is 32.4 Å². The van der Waals surface area contributed by atoms with Gasteiger partial charge in [-0.2, -0.15) is 0 Å². The first-order valence-electron chi connectivity index (χ1n) is 10.7. The van der Waals surface area contributed by atoms with Gasteiger partial charge in [0, 0.05) is 23.7 Å². The summed E-state index contributed by atoms with van der Waals surface area (Å²) in [4.78, 5) is 27.8. The number of nitrogens with zero attached hydrogens (tertiary/aromatic N) is 1. The molecule has 1 fully saturated rings. The van der Waals surface area contributed by atoms with Gasteiger partial charge in [0.25, 0.3) is 11.7 Å². The second kappa shape index (κ2) is 7.85. The van der Waals surface area contributed by atoms with Crippen LogP contribution >= 0.6 is 0 Å². The standard InChI is InChI=1S/C26H23NO6/c1-14-7-9-21(32-14)23-22(24(28)16-8-10-20-17(12-16)11-15(2)33-20)25(29)26(30)27(23)18-5-4-6-19(13-18)31-3/h4-10,12-13,15,23,28H,11H2,1-3H3/b24-22-. The molecule has 0 bridgehead atoms. The second-order valence-corrected chi connectivity index (χ2v) is 8.27. The van der Waals surface area contributed by atoms with E-state index < -0.39 is 17.7 Å². The van der Waals surface area contributed by atoms with E-state index in [-0.39, 0.29) is 17.4 Å². The van der Waals surface area contributed by atoms with Gasteiger partial charge in [-0.1, -0.05) is 6.07 Å². The van der Waals surface area contributed by atoms with Gasteiger partial charge >= 0.3 is 0 Å². The third-order valence-corrected chi connectivity index (χ3v) is 5.98. The average molecular weight is 445 g/mol. The fraction of sp³-hybridized carbons (Fsp3) is 0.231. The summed E-state index contributed by atoms with van der Waals surface area (Å²) >= 11 is 0. The van der Waals surface area contributed by atoms with E-state index >= 15 is 0 Å². The molecule has 1 saturated heterocycles. The lowest BCUT2D eigenvalue weighted by molar-refractivity contribution is -0.132. The quantitative estimate of drug-likeness (QED) is 0.360. The monoisotopic (exact) mass is 445 g/mol. The molecule has 1 amide bonds. The highest BCUT2D eigenvalue weighted by atomic mass is 16.5. The number of carbonyl (C=O) groups is 2. The van der Waals surface area contributed by atoms with Gasteiger partial charge in [0.05, 0.1) is 12.7 Å². The van der Waals surface area contributed by atoms with Crippen molar-refractivity contribution >= 4 is 23.1 Å². The third-order valence-electron chi connectivity index (χ3n) is 5.98. The fourth-order valence-electron chi connectivity index (χ4n) is 4.45. The van der Waals surface area contributed by atoms with Crippen molar-refractivity contribution in [2.75, 3.05) is 12.0 Å². The molecule has 2 aliphatic heterocycles. The van der Waals surface area contributed by atoms with Crippen LogP contribution in [0.2, 0.25) is 0 Å². The van der Waals surface area contributed by atoms with Gasteiger partial charge in [-0.15, -0.1) is 0 Å². The minimum absolute atomic E-state index is 0.0240. The van der Waals surface area contributed by atoms with E-state index in [9.17, 15) is 14.7 Å². The largest absolute Gasteiger partial charge is 0.507 e. The Morgan fingerprint density at radius 3 is 2.67 bits per heavy atom. The van der Waals surface area contributed by atoms with E-state index in [0.29, 0.717) is 34.9 Å². The Labute approximate surface area is 190 Å². The molecular weight excluding hydrogens is 422 g/mol. The van der Waals surface area contributed by atoms with Crippen molar-refractivity contribution in [3.63, 3.8) is 0 Å². The average Bonchev–Trinajstić information content (AvgIpc) is 3.48. The minimum Gasteiger partial charge on any atom is -0.507 e. The van der Waals surface area contributed by atoms with Crippen molar-refractivity contribution in [2.24, 2.45) is 0 Å². The molecule has 2 atom stereocenters. The first-order valence-corrected chi connectivity index (χ1v) is 10.7. The second-order valence-electron chi connectivity index (χ2n) is 8.27. The number of carbonyl (C=O) groups excluding carboxylic acids is 2. The zero-order valence-electron chi connectivity index (χ0n) is 18.5. The van der Waals surface area contributed by atoms with E-state index in [2.05, 4.69) is 0 Å².